The average Bonchev–Trinajstić information content (AvgIpc) is 3.21. The monoisotopic (exact) mass is 386 g/mol. The lowest BCUT2D eigenvalue weighted by molar-refractivity contribution is 0.0950. The van der Waals surface area contributed by atoms with Crippen LogP contribution in [0.25, 0.3) is 5.52 Å². The van der Waals surface area contributed by atoms with Crippen molar-refractivity contribution in [1.29, 1.82) is 0 Å². The van der Waals surface area contributed by atoms with Crippen molar-refractivity contribution < 1.29 is 9.53 Å². The summed E-state index contributed by atoms with van der Waals surface area (Å²) in [5.74, 6) is 1.66. The molecule has 0 unspecified atom stereocenters. The molecule has 0 bridgehead atoms. The minimum atomic E-state index is -0.123. The number of fused-ring (bicyclic) bond motifs is 1. The van der Waals surface area contributed by atoms with Gasteiger partial charge >= 0.3 is 0 Å². The minimum Gasteiger partial charge on any atom is -0.497 e. The summed E-state index contributed by atoms with van der Waals surface area (Å²) in [6.07, 6.45) is 5.33. The Balaban J connectivity index is 1.57. The zero-order valence-electron chi connectivity index (χ0n) is 16.4. The molecule has 4 aromatic rings. The highest BCUT2D eigenvalue weighted by Crippen LogP contribution is 2.27. The van der Waals surface area contributed by atoms with Crippen LogP contribution in [-0.4, -0.2) is 29.4 Å². The Morgan fingerprint density at radius 3 is 2.62 bits per heavy atom. The molecule has 0 saturated heterocycles. The average molecular weight is 386 g/mol. The van der Waals surface area contributed by atoms with Crippen LogP contribution in [0.1, 0.15) is 15.9 Å². The van der Waals surface area contributed by atoms with Crippen LogP contribution < -0.4 is 15.0 Å². The molecule has 0 saturated carbocycles. The van der Waals surface area contributed by atoms with Crippen molar-refractivity contribution in [2.45, 2.75) is 6.54 Å². The second kappa shape index (κ2) is 8.06. The zero-order chi connectivity index (χ0) is 20.2. The van der Waals surface area contributed by atoms with Crippen LogP contribution in [-0.2, 0) is 6.54 Å². The van der Waals surface area contributed by atoms with Crippen molar-refractivity contribution in [3.8, 4) is 5.75 Å². The van der Waals surface area contributed by atoms with E-state index in [1.807, 2.05) is 78.3 Å². The molecule has 0 radical (unpaired) electrons. The molecule has 6 nitrogen and oxygen atoms in total. The molecule has 0 aliphatic heterocycles. The maximum Gasteiger partial charge on any atom is 0.253 e. The number of aromatic nitrogens is 2. The van der Waals surface area contributed by atoms with Gasteiger partial charge in [-0.2, -0.15) is 0 Å². The van der Waals surface area contributed by atoms with E-state index < -0.39 is 0 Å². The van der Waals surface area contributed by atoms with E-state index in [9.17, 15) is 4.79 Å². The van der Waals surface area contributed by atoms with E-state index in [1.165, 1.54) is 0 Å². The Kier molecular flexibility index (Phi) is 5.16. The predicted octanol–water partition coefficient (Wildman–Crippen LogP) is 4.04. The molecule has 0 aliphatic carbocycles. The number of ether oxygens (including phenoxy) is 1. The van der Waals surface area contributed by atoms with Crippen LogP contribution in [0.4, 0.5) is 11.5 Å². The van der Waals surface area contributed by atoms with E-state index in [-0.39, 0.29) is 5.91 Å². The summed E-state index contributed by atoms with van der Waals surface area (Å²) in [5, 5.41) is 2.95. The first-order chi connectivity index (χ1) is 14.2. The third-order valence-electron chi connectivity index (χ3n) is 4.87. The summed E-state index contributed by atoms with van der Waals surface area (Å²) in [5.41, 5.74) is 3.60. The molecule has 4 rings (SSSR count). The molecule has 3 aromatic heterocycles. The van der Waals surface area contributed by atoms with Gasteiger partial charge in [0.2, 0.25) is 0 Å². The summed E-state index contributed by atoms with van der Waals surface area (Å²) in [6.45, 7) is 0.439. The normalized spacial score (nSPS) is 10.7. The molecule has 3 heterocycles. The first-order valence-corrected chi connectivity index (χ1v) is 9.32. The van der Waals surface area contributed by atoms with Gasteiger partial charge in [0, 0.05) is 43.4 Å². The van der Waals surface area contributed by atoms with E-state index in [0.29, 0.717) is 12.1 Å². The third kappa shape index (κ3) is 3.91. The second-order valence-electron chi connectivity index (χ2n) is 6.71. The van der Waals surface area contributed by atoms with Gasteiger partial charge in [0.25, 0.3) is 5.91 Å². The zero-order valence-corrected chi connectivity index (χ0v) is 16.4. The van der Waals surface area contributed by atoms with Gasteiger partial charge in [-0.15, -0.1) is 0 Å². The van der Waals surface area contributed by atoms with Gasteiger partial charge in [-0.05, 0) is 60.2 Å². The van der Waals surface area contributed by atoms with Crippen LogP contribution in [0, 0.1) is 0 Å². The molecule has 0 fully saturated rings. The molecule has 0 aliphatic rings. The minimum absolute atomic E-state index is 0.123. The lowest BCUT2D eigenvalue weighted by Gasteiger charge is -2.20. The number of rotatable bonds is 6. The van der Waals surface area contributed by atoms with Crippen molar-refractivity contribution >= 4 is 22.9 Å². The fraction of sp³-hybridized carbons (Fsp3) is 0.130. The summed E-state index contributed by atoms with van der Waals surface area (Å²) in [7, 11) is 3.65. The van der Waals surface area contributed by atoms with Gasteiger partial charge in [0.05, 0.1) is 12.7 Å². The molecular weight excluding hydrogens is 364 g/mol. The fourth-order valence-electron chi connectivity index (χ4n) is 3.22. The highest BCUT2D eigenvalue weighted by molar-refractivity contribution is 5.94. The van der Waals surface area contributed by atoms with E-state index in [1.54, 1.807) is 19.5 Å². The number of hydrogen-bond acceptors (Lipinski definition) is 4. The van der Waals surface area contributed by atoms with Crippen molar-refractivity contribution in [1.82, 2.24) is 14.7 Å². The molecule has 6 heteroatoms. The Morgan fingerprint density at radius 1 is 1.10 bits per heavy atom. The predicted molar refractivity (Wildman–Crippen MR) is 114 cm³/mol. The first kappa shape index (κ1) is 18.6. The summed E-state index contributed by atoms with van der Waals surface area (Å²) >= 11 is 0. The maximum atomic E-state index is 12.6. The standard InChI is InChI=1S/C23H22N4O2/c1-26(19-7-10-21(29-2)11-8-19)22-12-9-20-6-5-18(16-27(20)22)23(28)25-15-17-4-3-13-24-14-17/h3-14,16H,15H2,1-2H3,(H,25,28). The number of pyridine rings is 2. The van der Waals surface area contributed by atoms with Gasteiger partial charge in [0.15, 0.2) is 0 Å². The molecule has 1 N–H and O–H groups in total. The molecule has 0 spiro atoms. The number of benzene rings is 1. The number of nitrogens with zero attached hydrogens (tertiary/aromatic N) is 3. The van der Waals surface area contributed by atoms with Crippen LogP contribution in [0.5, 0.6) is 5.75 Å². The Hall–Kier alpha value is -3.80. The fourth-order valence-corrected chi connectivity index (χ4v) is 3.22. The SMILES string of the molecule is COc1ccc(N(C)c2ccc3ccc(C(=O)NCc4cccnc4)cn23)cc1. The third-order valence-corrected chi connectivity index (χ3v) is 4.87. The van der Waals surface area contributed by atoms with Crippen LogP contribution in [0.3, 0.4) is 0 Å². The lowest BCUT2D eigenvalue weighted by Crippen LogP contribution is -2.23. The van der Waals surface area contributed by atoms with Crippen LogP contribution >= 0.6 is 0 Å². The number of hydrogen-bond donors (Lipinski definition) is 1. The van der Waals surface area contributed by atoms with Crippen LogP contribution in [0.2, 0.25) is 0 Å². The number of carbonyl (C=O) groups is 1. The van der Waals surface area contributed by atoms with Crippen molar-refractivity contribution in [3.63, 3.8) is 0 Å². The van der Waals surface area contributed by atoms with E-state index in [0.717, 1.165) is 28.3 Å². The number of amides is 1. The van der Waals surface area contributed by atoms with E-state index in [4.69, 9.17) is 4.74 Å². The lowest BCUT2D eigenvalue weighted by atomic mass is 10.2. The number of methoxy groups -OCH3 is 1. The summed E-state index contributed by atoms with van der Waals surface area (Å²) in [6, 6.07) is 19.5. The molecular formula is C23H22N4O2. The smallest absolute Gasteiger partial charge is 0.253 e. The number of carbonyl (C=O) groups excluding carboxylic acids is 1. The van der Waals surface area contributed by atoms with Gasteiger partial charge in [-0.25, -0.2) is 0 Å². The largest absolute Gasteiger partial charge is 0.497 e. The van der Waals surface area contributed by atoms with Crippen LogP contribution in [0.15, 0.2) is 79.3 Å². The number of nitrogens with one attached hydrogen (secondary N) is 1. The molecule has 1 amide bonds. The maximum absolute atomic E-state index is 12.6. The van der Waals surface area contributed by atoms with Crippen molar-refractivity contribution in [2.24, 2.45) is 0 Å². The molecule has 29 heavy (non-hydrogen) atoms. The quantitative estimate of drug-likeness (QED) is 0.543. The topological polar surface area (TPSA) is 58.9 Å². The van der Waals surface area contributed by atoms with Crippen molar-refractivity contribution in [2.75, 3.05) is 19.1 Å². The first-order valence-electron chi connectivity index (χ1n) is 9.32. The molecule has 0 atom stereocenters. The Morgan fingerprint density at radius 2 is 1.90 bits per heavy atom. The van der Waals surface area contributed by atoms with Crippen molar-refractivity contribution in [3.05, 3.63) is 90.4 Å². The Labute approximate surface area is 169 Å². The molecule has 1 aromatic carbocycles. The van der Waals surface area contributed by atoms with Gasteiger partial charge in [-0.3, -0.25) is 9.78 Å². The molecule has 146 valence electrons. The van der Waals surface area contributed by atoms with Gasteiger partial charge < -0.3 is 19.4 Å². The van der Waals surface area contributed by atoms with E-state index >= 15 is 0 Å². The number of anilines is 2. The Bertz CT molecular complexity index is 1120. The summed E-state index contributed by atoms with van der Waals surface area (Å²) < 4.78 is 7.25. The second-order valence-corrected chi connectivity index (χ2v) is 6.71. The summed E-state index contributed by atoms with van der Waals surface area (Å²) in [4.78, 5) is 18.8. The highest BCUT2D eigenvalue weighted by Gasteiger charge is 2.12. The van der Waals surface area contributed by atoms with E-state index in [2.05, 4.69) is 15.2 Å². The van der Waals surface area contributed by atoms with Gasteiger partial charge in [-0.1, -0.05) is 6.07 Å². The van der Waals surface area contributed by atoms with Gasteiger partial charge in [0.1, 0.15) is 11.6 Å². The highest BCUT2D eigenvalue weighted by atomic mass is 16.5.